The fraction of sp³-hybridized carbons (Fsp3) is 0.250. The number of sulfonamides is 1. The van der Waals surface area contributed by atoms with Crippen molar-refractivity contribution in [2.45, 2.75) is 4.90 Å². The molecule has 1 fully saturated rings. The molecule has 0 spiro atoms. The van der Waals surface area contributed by atoms with E-state index in [1.807, 2.05) is 4.90 Å². The lowest BCUT2D eigenvalue weighted by Gasteiger charge is -2.35. The maximum Gasteiger partial charge on any atom is 0.329 e. The van der Waals surface area contributed by atoms with Crippen LogP contribution in [0.15, 0.2) is 55.4 Å². The molecule has 0 atom stereocenters. The van der Waals surface area contributed by atoms with Gasteiger partial charge in [-0.3, -0.25) is 19.1 Å². The standard InChI is InChI=1S/C20H18N6O5S/c1-24-16-14(18(27)22-20(24)29)10-12(11-21-16)19(28)26-8-6-25(7-9-26)17-13-4-2-3-5-15(13)32(30,31)23-17/h2-5,10-11H,6-9H2,1H3,(H,22,27,29). The fourth-order valence-electron chi connectivity index (χ4n) is 3.97. The molecule has 164 valence electrons. The van der Waals surface area contributed by atoms with Crippen LogP contribution < -0.4 is 11.2 Å². The summed E-state index contributed by atoms with van der Waals surface area (Å²) in [5.74, 6) is 0.0983. The highest BCUT2D eigenvalue weighted by Crippen LogP contribution is 2.28. The van der Waals surface area contributed by atoms with E-state index in [9.17, 15) is 22.8 Å². The highest BCUT2D eigenvalue weighted by molar-refractivity contribution is 7.90. The van der Waals surface area contributed by atoms with Gasteiger partial charge in [0, 0.05) is 45.0 Å². The van der Waals surface area contributed by atoms with Gasteiger partial charge >= 0.3 is 5.69 Å². The highest BCUT2D eigenvalue weighted by Gasteiger charge is 2.33. The van der Waals surface area contributed by atoms with Crippen molar-refractivity contribution in [3.8, 4) is 0 Å². The topological polar surface area (TPSA) is 138 Å². The van der Waals surface area contributed by atoms with E-state index in [0.29, 0.717) is 37.6 Å². The van der Waals surface area contributed by atoms with Crippen molar-refractivity contribution >= 4 is 32.8 Å². The summed E-state index contributed by atoms with van der Waals surface area (Å²) in [4.78, 5) is 46.9. The highest BCUT2D eigenvalue weighted by atomic mass is 32.2. The molecule has 32 heavy (non-hydrogen) atoms. The van der Waals surface area contributed by atoms with Crippen LogP contribution >= 0.6 is 0 Å². The minimum absolute atomic E-state index is 0.152. The third kappa shape index (κ3) is 3.11. The van der Waals surface area contributed by atoms with Gasteiger partial charge in [-0.25, -0.2) is 9.78 Å². The largest absolute Gasteiger partial charge is 0.352 e. The number of hydrogen-bond acceptors (Lipinski definition) is 7. The molecule has 1 amide bonds. The normalized spacial score (nSPS) is 17.3. The quantitative estimate of drug-likeness (QED) is 0.525. The molecule has 0 aliphatic carbocycles. The minimum Gasteiger partial charge on any atom is -0.352 e. The number of aryl methyl sites for hydroxylation is 1. The zero-order chi connectivity index (χ0) is 22.6. The van der Waals surface area contributed by atoms with Gasteiger partial charge < -0.3 is 9.80 Å². The molecule has 2 aliphatic rings. The van der Waals surface area contributed by atoms with Crippen LogP contribution in [0.5, 0.6) is 0 Å². The minimum atomic E-state index is -3.71. The number of aromatic nitrogens is 3. The number of piperazine rings is 1. The van der Waals surface area contributed by atoms with Crippen LogP contribution in [-0.2, 0) is 17.1 Å². The Morgan fingerprint density at radius 2 is 1.81 bits per heavy atom. The number of H-pyrrole nitrogens is 1. The summed E-state index contributed by atoms with van der Waals surface area (Å²) in [5.41, 5.74) is -0.186. The van der Waals surface area contributed by atoms with Gasteiger partial charge in [-0.05, 0) is 18.2 Å². The predicted octanol–water partition coefficient (Wildman–Crippen LogP) is -0.471. The zero-order valence-electron chi connectivity index (χ0n) is 17.0. The first-order valence-electron chi connectivity index (χ1n) is 9.84. The van der Waals surface area contributed by atoms with Crippen molar-refractivity contribution < 1.29 is 13.2 Å². The number of amides is 1. The molecule has 12 heteroatoms. The molecule has 1 N–H and O–H groups in total. The number of carbonyl (C=O) groups excluding carboxylic acids is 1. The maximum absolute atomic E-state index is 13.0. The first-order valence-corrected chi connectivity index (χ1v) is 11.3. The van der Waals surface area contributed by atoms with Crippen LogP contribution in [0.2, 0.25) is 0 Å². The van der Waals surface area contributed by atoms with E-state index < -0.39 is 21.3 Å². The second kappa shape index (κ2) is 7.12. The summed E-state index contributed by atoms with van der Waals surface area (Å²) in [6.07, 6.45) is 1.35. The SMILES string of the molecule is Cn1c(=O)[nH]c(=O)c2cc(C(=O)N3CCN(C4=NS(=O)(=O)c5ccccc54)CC3)cnc21. The van der Waals surface area contributed by atoms with E-state index >= 15 is 0 Å². The van der Waals surface area contributed by atoms with Gasteiger partial charge in [0.1, 0.15) is 10.5 Å². The van der Waals surface area contributed by atoms with Crippen LogP contribution in [0, 0.1) is 0 Å². The molecule has 3 aromatic rings. The van der Waals surface area contributed by atoms with Gasteiger partial charge in [-0.2, -0.15) is 8.42 Å². The lowest BCUT2D eigenvalue weighted by molar-refractivity contribution is 0.0692. The van der Waals surface area contributed by atoms with E-state index in [2.05, 4.69) is 14.4 Å². The first-order chi connectivity index (χ1) is 15.3. The molecule has 0 bridgehead atoms. The Balaban J connectivity index is 1.37. The van der Waals surface area contributed by atoms with Gasteiger partial charge in [0.2, 0.25) is 0 Å². The number of carbonyl (C=O) groups is 1. The fourth-order valence-corrected chi connectivity index (χ4v) is 5.20. The Kier molecular flexibility index (Phi) is 4.48. The number of hydrogen-bond donors (Lipinski definition) is 1. The number of fused-ring (bicyclic) bond motifs is 2. The van der Waals surface area contributed by atoms with Crippen molar-refractivity contribution in [1.29, 1.82) is 0 Å². The second-order valence-electron chi connectivity index (χ2n) is 7.58. The van der Waals surface area contributed by atoms with Crippen molar-refractivity contribution in [2.75, 3.05) is 26.2 Å². The van der Waals surface area contributed by atoms with Crippen molar-refractivity contribution in [3.63, 3.8) is 0 Å². The molecule has 0 unspecified atom stereocenters. The van der Waals surface area contributed by atoms with E-state index in [1.165, 1.54) is 29.9 Å². The van der Waals surface area contributed by atoms with Crippen LogP contribution in [0.3, 0.4) is 0 Å². The Hall–Kier alpha value is -3.80. The van der Waals surface area contributed by atoms with Crippen LogP contribution in [0.1, 0.15) is 15.9 Å². The average Bonchev–Trinajstić information content (AvgIpc) is 3.08. The molecular weight excluding hydrogens is 436 g/mol. The van der Waals surface area contributed by atoms with Gasteiger partial charge in [0.25, 0.3) is 21.5 Å². The Labute approximate surface area is 181 Å². The van der Waals surface area contributed by atoms with Crippen LogP contribution in [0.4, 0.5) is 0 Å². The second-order valence-corrected chi connectivity index (χ2v) is 9.15. The predicted molar refractivity (Wildman–Crippen MR) is 115 cm³/mol. The van der Waals surface area contributed by atoms with Gasteiger partial charge in [0.05, 0.1) is 10.9 Å². The Bertz CT molecular complexity index is 1530. The number of nitrogens with zero attached hydrogens (tertiary/aromatic N) is 5. The number of amidine groups is 1. The van der Waals surface area contributed by atoms with Crippen LogP contribution in [-0.4, -0.2) is 70.7 Å². The van der Waals surface area contributed by atoms with E-state index in [-0.39, 0.29) is 27.4 Å². The van der Waals surface area contributed by atoms with Crippen molar-refractivity contribution in [2.24, 2.45) is 11.4 Å². The Morgan fingerprint density at radius 1 is 1.09 bits per heavy atom. The smallest absolute Gasteiger partial charge is 0.329 e. The van der Waals surface area contributed by atoms with E-state index in [1.54, 1.807) is 23.1 Å². The molecule has 0 saturated carbocycles. The molecule has 2 aliphatic heterocycles. The summed E-state index contributed by atoms with van der Waals surface area (Å²) in [5, 5.41) is 0.152. The van der Waals surface area contributed by atoms with E-state index in [0.717, 1.165) is 0 Å². The molecule has 0 radical (unpaired) electrons. The summed E-state index contributed by atoms with van der Waals surface area (Å²) < 4.78 is 29.8. The van der Waals surface area contributed by atoms with Crippen molar-refractivity contribution in [3.05, 3.63) is 68.5 Å². The van der Waals surface area contributed by atoms with E-state index in [4.69, 9.17) is 0 Å². The lowest BCUT2D eigenvalue weighted by Crippen LogP contribution is -2.50. The third-order valence-corrected chi connectivity index (χ3v) is 7.01. The lowest BCUT2D eigenvalue weighted by atomic mass is 10.1. The average molecular weight is 454 g/mol. The number of rotatable bonds is 1. The van der Waals surface area contributed by atoms with Gasteiger partial charge in [-0.1, -0.05) is 12.1 Å². The molecular formula is C20H18N6O5S. The Morgan fingerprint density at radius 3 is 2.56 bits per heavy atom. The summed E-state index contributed by atoms with van der Waals surface area (Å²) >= 11 is 0. The number of benzene rings is 1. The first kappa shape index (κ1) is 20.1. The summed E-state index contributed by atoms with van der Waals surface area (Å²) in [6.45, 7) is 1.51. The third-order valence-electron chi connectivity index (χ3n) is 5.68. The number of pyridine rings is 1. The molecule has 4 heterocycles. The van der Waals surface area contributed by atoms with Gasteiger partial charge in [-0.15, -0.1) is 4.40 Å². The summed E-state index contributed by atoms with van der Waals surface area (Å²) in [6, 6.07) is 8.11. The number of nitrogens with one attached hydrogen (secondary N) is 1. The molecule has 1 aromatic carbocycles. The maximum atomic E-state index is 13.0. The van der Waals surface area contributed by atoms with Gasteiger partial charge in [0.15, 0.2) is 5.84 Å². The molecule has 2 aromatic heterocycles. The molecule has 5 rings (SSSR count). The monoisotopic (exact) mass is 454 g/mol. The molecule has 1 saturated heterocycles. The summed E-state index contributed by atoms with van der Waals surface area (Å²) in [7, 11) is -2.22. The molecule has 11 nitrogen and oxygen atoms in total. The van der Waals surface area contributed by atoms with Crippen LogP contribution in [0.25, 0.3) is 11.0 Å². The zero-order valence-corrected chi connectivity index (χ0v) is 17.8. The van der Waals surface area contributed by atoms with Crippen molar-refractivity contribution in [1.82, 2.24) is 24.3 Å². The number of aromatic amines is 1.